The van der Waals surface area contributed by atoms with Crippen LogP contribution in [0.1, 0.15) is 11.1 Å². The SMILES string of the molecule is Cc1c(Nc2cccc3cc(CNCCO)cnc23)cccc1-c1ccccc1. The molecule has 0 saturated heterocycles. The van der Waals surface area contributed by atoms with Crippen LogP contribution in [-0.4, -0.2) is 23.2 Å². The Bertz CT molecular complexity index is 1110. The fourth-order valence-electron chi connectivity index (χ4n) is 3.56. The molecular weight excluding hydrogens is 358 g/mol. The van der Waals surface area contributed by atoms with E-state index in [9.17, 15) is 0 Å². The van der Waals surface area contributed by atoms with Gasteiger partial charge in [-0.3, -0.25) is 4.98 Å². The molecule has 0 atom stereocenters. The van der Waals surface area contributed by atoms with Gasteiger partial charge in [0.15, 0.2) is 0 Å². The zero-order chi connectivity index (χ0) is 20.1. The lowest BCUT2D eigenvalue weighted by atomic mass is 9.99. The zero-order valence-electron chi connectivity index (χ0n) is 16.5. The van der Waals surface area contributed by atoms with Crippen molar-refractivity contribution < 1.29 is 5.11 Å². The summed E-state index contributed by atoms with van der Waals surface area (Å²) in [6.45, 7) is 3.56. The Labute approximate surface area is 171 Å². The molecule has 0 radical (unpaired) electrons. The molecule has 0 bridgehead atoms. The van der Waals surface area contributed by atoms with Crippen LogP contribution < -0.4 is 10.6 Å². The van der Waals surface area contributed by atoms with Crippen LogP contribution in [0.4, 0.5) is 11.4 Å². The number of pyridine rings is 1. The van der Waals surface area contributed by atoms with E-state index in [4.69, 9.17) is 10.1 Å². The van der Waals surface area contributed by atoms with Gasteiger partial charge in [0, 0.05) is 30.4 Å². The standard InChI is InChI=1S/C25H25N3O/c1-18-22(20-7-3-2-4-8-20)10-6-11-23(18)28-24-12-5-9-21-15-19(16-26-13-14-29)17-27-25(21)24/h2-12,15,17,26,28-29H,13-14,16H2,1H3. The largest absolute Gasteiger partial charge is 0.395 e. The normalized spacial score (nSPS) is 11.0. The first-order valence-electron chi connectivity index (χ1n) is 9.87. The van der Waals surface area contributed by atoms with Crippen molar-refractivity contribution in [3.8, 4) is 11.1 Å². The van der Waals surface area contributed by atoms with Crippen LogP contribution in [0.2, 0.25) is 0 Å². The van der Waals surface area contributed by atoms with E-state index in [1.165, 1.54) is 16.7 Å². The molecule has 4 aromatic rings. The van der Waals surface area contributed by atoms with Gasteiger partial charge in [-0.1, -0.05) is 54.6 Å². The molecule has 0 unspecified atom stereocenters. The van der Waals surface area contributed by atoms with Crippen molar-refractivity contribution >= 4 is 22.3 Å². The predicted molar refractivity (Wildman–Crippen MR) is 120 cm³/mol. The molecule has 4 heteroatoms. The number of hydrogen-bond acceptors (Lipinski definition) is 4. The highest BCUT2D eigenvalue weighted by molar-refractivity contribution is 5.93. The summed E-state index contributed by atoms with van der Waals surface area (Å²) in [6, 6.07) is 25.1. The smallest absolute Gasteiger partial charge is 0.0936 e. The third kappa shape index (κ3) is 4.29. The number of fused-ring (bicyclic) bond motifs is 1. The molecule has 1 heterocycles. The number of nitrogens with zero attached hydrogens (tertiary/aromatic N) is 1. The van der Waals surface area contributed by atoms with Gasteiger partial charge in [-0.25, -0.2) is 0 Å². The molecule has 3 N–H and O–H groups in total. The summed E-state index contributed by atoms with van der Waals surface area (Å²) in [5.41, 5.74) is 7.76. The van der Waals surface area contributed by atoms with Crippen molar-refractivity contribution in [2.75, 3.05) is 18.5 Å². The molecule has 4 nitrogen and oxygen atoms in total. The Balaban J connectivity index is 1.64. The second kappa shape index (κ2) is 8.86. The second-order valence-electron chi connectivity index (χ2n) is 7.09. The van der Waals surface area contributed by atoms with Gasteiger partial charge in [0.05, 0.1) is 17.8 Å². The number of nitrogens with one attached hydrogen (secondary N) is 2. The summed E-state index contributed by atoms with van der Waals surface area (Å²) in [6.07, 6.45) is 1.89. The van der Waals surface area contributed by atoms with Crippen LogP contribution in [0.15, 0.2) is 79.0 Å². The van der Waals surface area contributed by atoms with Crippen molar-refractivity contribution in [1.29, 1.82) is 0 Å². The van der Waals surface area contributed by atoms with Gasteiger partial charge in [-0.15, -0.1) is 0 Å². The first-order chi connectivity index (χ1) is 14.3. The fraction of sp³-hybridized carbons (Fsp3) is 0.160. The van der Waals surface area contributed by atoms with E-state index < -0.39 is 0 Å². The second-order valence-corrected chi connectivity index (χ2v) is 7.09. The van der Waals surface area contributed by atoms with Gasteiger partial charge >= 0.3 is 0 Å². The highest BCUT2D eigenvalue weighted by atomic mass is 16.3. The van der Waals surface area contributed by atoms with Crippen LogP contribution in [0.5, 0.6) is 0 Å². The lowest BCUT2D eigenvalue weighted by Crippen LogP contribution is -2.17. The molecule has 0 fully saturated rings. The predicted octanol–water partition coefficient (Wildman–Crippen LogP) is 5.04. The number of para-hydroxylation sites is 1. The number of aliphatic hydroxyl groups is 1. The number of benzene rings is 3. The fourth-order valence-corrected chi connectivity index (χ4v) is 3.56. The minimum absolute atomic E-state index is 0.135. The molecule has 146 valence electrons. The Kier molecular flexibility index (Phi) is 5.84. The maximum absolute atomic E-state index is 8.92. The third-order valence-electron chi connectivity index (χ3n) is 5.07. The van der Waals surface area contributed by atoms with E-state index in [1.54, 1.807) is 0 Å². The number of rotatable bonds is 7. The minimum Gasteiger partial charge on any atom is -0.395 e. The summed E-state index contributed by atoms with van der Waals surface area (Å²) < 4.78 is 0. The summed E-state index contributed by atoms with van der Waals surface area (Å²) in [7, 11) is 0. The van der Waals surface area contributed by atoms with Gasteiger partial charge in [0.1, 0.15) is 0 Å². The molecule has 0 aliphatic carbocycles. The van der Waals surface area contributed by atoms with Gasteiger partial charge in [0.2, 0.25) is 0 Å². The van der Waals surface area contributed by atoms with Gasteiger partial charge in [-0.05, 0) is 47.4 Å². The summed E-state index contributed by atoms with van der Waals surface area (Å²) in [5, 5.41) is 16.8. The molecule has 0 spiro atoms. The zero-order valence-corrected chi connectivity index (χ0v) is 16.5. The van der Waals surface area contributed by atoms with Crippen molar-refractivity contribution in [2.45, 2.75) is 13.5 Å². The van der Waals surface area contributed by atoms with Crippen LogP contribution in [0.3, 0.4) is 0 Å². The van der Waals surface area contributed by atoms with Crippen LogP contribution in [0.25, 0.3) is 22.0 Å². The summed E-state index contributed by atoms with van der Waals surface area (Å²) >= 11 is 0. The quantitative estimate of drug-likeness (QED) is 0.392. The van der Waals surface area contributed by atoms with E-state index >= 15 is 0 Å². The van der Waals surface area contributed by atoms with E-state index in [1.807, 2.05) is 18.3 Å². The molecular formula is C25H25N3O. The monoisotopic (exact) mass is 383 g/mol. The average molecular weight is 383 g/mol. The average Bonchev–Trinajstić information content (AvgIpc) is 2.76. The van der Waals surface area contributed by atoms with Gasteiger partial charge in [0.25, 0.3) is 0 Å². The van der Waals surface area contributed by atoms with Crippen LogP contribution in [0, 0.1) is 6.92 Å². The lowest BCUT2D eigenvalue weighted by molar-refractivity contribution is 0.292. The Hall–Kier alpha value is -3.21. The number of aliphatic hydroxyl groups excluding tert-OH is 1. The third-order valence-corrected chi connectivity index (χ3v) is 5.07. The van der Waals surface area contributed by atoms with Crippen molar-refractivity contribution in [1.82, 2.24) is 10.3 Å². The Morgan fingerprint density at radius 1 is 0.897 bits per heavy atom. The van der Waals surface area contributed by atoms with Crippen LogP contribution in [-0.2, 0) is 6.54 Å². The van der Waals surface area contributed by atoms with Gasteiger partial charge < -0.3 is 15.7 Å². The summed E-state index contributed by atoms with van der Waals surface area (Å²) in [5.74, 6) is 0. The maximum Gasteiger partial charge on any atom is 0.0936 e. The first-order valence-corrected chi connectivity index (χ1v) is 9.87. The van der Waals surface area contributed by atoms with Crippen molar-refractivity contribution in [3.63, 3.8) is 0 Å². The molecule has 0 aliphatic rings. The minimum atomic E-state index is 0.135. The molecule has 4 rings (SSSR count). The molecule has 1 aromatic heterocycles. The number of aromatic nitrogens is 1. The van der Waals surface area contributed by atoms with E-state index in [0.29, 0.717) is 13.1 Å². The van der Waals surface area contributed by atoms with Gasteiger partial charge in [-0.2, -0.15) is 0 Å². The molecule has 0 amide bonds. The van der Waals surface area contributed by atoms with E-state index in [-0.39, 0.29) is 6.61 Å². The topological polar surface area (TPSA) is 57.2 Å². The Morgan fingerprint density at radius 2 is 1.69 bits per heavy atom. The Morgan fingerprint density at radius 3 is 2.52 bits per heavy atom. The summed E-state index contributed by atoms with van der Waals surface area (Å²) in [4.78, 5) is 4.70. The highest BCUT2D eigenvalue weighted by Crippen LogP contribution is 2.32. The molecule has 29 heavy (non-hydrogen) atoms. The number of hydrogen-bond donors (Lipinski definition) is 3. The van der Waals surface area contributed by atoms with Crippen molar-refractivity contribution in [3.05, 3.63) is 90.1 Å². The van der Waals surface area contributed by atoms with E-state index in [0.717, 1.165) is 27.8 Å². The van der Waals surface area contributed by atoms with E-state index in [2.05, 4.69) is 78.2 Å². The molecule has 3 aromatic carbocycles. The van der Waals surface area contributed by atoms with Crippen LogP contribution >= 0.6 is 0 Å². The first kappa shape index (κ1) is 19.1. The maximum atomic E-state index is 8.92. The lowest BCUT2D eigenvalue weighted by Gasteiger charge is -2.15. The van der Waals surface area contributed by atoms with Crippen molar-refractivity contribution in [2.24, 2.45) is 0 Å². The highest BCUT2D eigenvalue weighted by Gasteiger charge is 2.09. The molecule has 0 saturated carbocycles. The number of anilines is 2. The molecule has 0 aliphatic heterocycles.